The molecular weight excluding hydrogens is 392 g/mol. The minimum atomic E-state index is -0.127. The van der Waals surface area contributed by atoms with Crippen LogP contribution in [0, 0.1) is 29.6 Å². The van der Waals surface area contributed by atoms with E-state index < -0.39 is 0 Å². The first-order chi connectivity index (χ1) is 14.1. The molecule has 4 saturated carbocycles. The van der Waals surface area contributed by atoms with Gasteiger partial charge in [0.25, 0.3) is 0 Å². The Balaban J connectivity index is 1.52. The number of carbonyl (C=O) groups excluding carboxylic acids is 1. The topological polar surface area (TPSA) is 77.8 Å². The fraction of sp³-hybridized carbons (Fsp3) is 0.667. The number of methoxy groups -OCH3 is 1. The predicted molar refractivity (Wildman–Crippen MR) is 109 cm³/mol. The lowest BCUT2D eigenvalue weighted by Crippen LogP contribution is -2.62. The Bertz CT molecular complexity index is 932. The van der Waals surface area contributed by atoms with Crippen molar-refractivity contribution in [2.75, 3.05) is 19.0 Å². The molecule has 4 fully saturated rings. The highest BCUT2D eigenvalue weighted by atomic mass is 35.5. The normalized spacial score (nSPS) is 32.7. The van der Waals surface area contributed by atoms with Crippen molar-refractivity contribution in [3.05, 3.63) is 23.1 Å². The monoisotopic (exact) mass is 418 g/mol. The number of hydrogen-bond acceptors (Lipinski definition) is 6. The molecule has 8 heteroatoms. The molecule has 6 rings (SSSR count). The summed E-state index contributed by atoms with van der Waals surface area (Å²) in [6.45, 7) is 2.72. The second-order valence-corrected chi connectivity index (χ2v) is 8.88. The summed E-state index contributed by atoms with van der Waals surface area (Å²) in [6.07, 6.45) is 4.79. The molecule has 4 aliphatic rings. The van der Waals surface area contributed by atoms with E-state index >= 15 is 0 Å². The molecule has 4 aliphatic carbocycles. The summed E-state index contributed by atoms with van der Waals surface area (Å²) < 4.78 is 12.5. The van der Waals surface area contributed by atoms with E-state index in [9.17, 15) is 4.79 Å². The van der Waals surface area contributed by atoms with Crippen LogP contribution in [0.3, 0.4) is 0 Å². The second kappa shape index (κ2) is 7.43. The molecule has 0 aromatic carbocycles. The van der Waals surface area contributed by atoms with Gasteiger partial charge in [-0.3, -0.25) is 4.79 Å². The maximum Gasteiger partial charge on any atom is 0.311 e. The van der Waals surface area contributed by atoms with Crippen LogP contribution in [-0.4, -0.2) is 40.3 Å². The van der Waals surface area contributed by atoms with Crippen LogP contribution in [0.2, 0.25) is 5.28 Å². The third-order valence-electron chi connectivity index (χ3n) is 7.34. The van der Waals surface area contributed by atoms with Crippen molar-refractivity contribution < 1.29 is 14.3 Å². The maximum atomic E-state index is 12.9. The van der Waals surface area contributed by atoms with Crippen LogP contribution in [-0.2, 0) is 20.9 Å². The molecule has 0 radical (unpaired) electrons. The number of hydrogen-bond donors (Lipinski definition) is 1. The van der Waals surface area contributed by atoms with E-state index in [2.05, 4.69) is 15.4 Å². The van der Waals surface area contributed by atoms with Crippen molar-refractivity contribution >= 4 is 28.9 Å². The lowest BCUT2D eigenvalue weighted by atomic mass is 9.46. The number of anilines is 1. The van der Waals surface area contributed by atoms with Gasteiger partial charge < -0.3 is 14.8 Å². The fourth-order valence-electron chi connectivity index (χ4n) is 6.15. The molecule has 0 saturated heterocycles. The molecule has 2 heterocycles. The molecule has 2 unspecified atom stereocenters. The van der Waals surface area contributed by atoms with Gasteiger partial charge in [0, 0.05) is 13.2 Å². The van der Waals surface area contributed by atoms with Gasteiger partial charge in [0.15, 0.2) is 5.82 Å². The zero-order valence-corrected chi connectivity index (χ0v) is 17.6. The van der Waals surface area contributed by atoms with E-state index in [4.69, 9.17) is 21.1 Å². The maximum absolute atomic E-state index is 12.9. The van der Waals surface area contributed by atoms with E-state index in [1.54, 1.807) is 11.6 Å². The van der Waals surface area contributed by atoms with Crippen molar-refractivity contribution in [2.24, 2.45) is 29.6 Å². The highest BCUT2D eigenvalue weighted by molar-refractivity contribution is 6.28. The van der Waals surface area contributed by atoms with Crippen molar-refractivity contribution in [1.29, 1.82) is 0 Å². The van der Waals surface area contributed by atoms with Crippen LogP contribution in [0.25, 0.3) is 5.52 Å². The Labute approximate surface area is 175 Å². The molecule has 2 aromatic rings. The molecular formula is C21H27ClN4O3. The van der Waals surface area contributed by atoms with Gasteiger partial charge >= 0.3 is 5.97 Å². The van der Waals surface area contributed by atoms with Crippen molar-refractivity contribution in [1.82, 2.24) is 14.6 Å². The molecule has 0 amide bonds. The zero-order valence-electron chi connectivity index (χ0n) is 16.8. The smallest absolute Gasteiger partial charge is 0.311 e. The number of rotatable bonds is 6. The van der Waals surface area contributed by atoms with Gasteiger partial charge in [-0.05, 0) is 80.0 Å². The number of esters is 1. The summed E-state index contributed by atoms with van der Waals surface area (Å²) in [6, 6.07) is 3.96. The number of halogens is 1. The number of ether oxygens (including phenoxy) is 2. The molecule has 2 aromatic heterocycles. The van der Waals surface area contributed by atoms with Gasteiger partial charge in [0.2, 0.25) is 5.28 Å². The Morgan fingerprint density at radius 1 is 1.21 bits per heavy atom. The number of nitrogens with zero attached hydrogens (tertiary/aromatic N) is 3. The average molecular weight is 419 g/mol. The van der Waals surface area contributed by atoms with Crippen molar-refractivity contribution in [3.63, 3.8) is 0 Å². The summed E-state index contributed by atoms with van der Waals surface area (Å²) in [5.41, 5.74) is 1.75. The van der Waals surface area contributed by atoms with Crippen LogP contribution in [0.15, 0.2) is 12.1 Å². The predicted octanol–water partition coefficient (Wildman–Crippen LogP) is 3.55. The standard InChI is InChI=1S/C21H27ClN4O3/c1-3-29-20(27)17-14-7-8-15(13-6-5-12(13)14)18(17)23-19-16-9-4-11(10-28-2)26(16)25-21(22)24-19/h4,9,12-15,17-18H,3,5-8,10H2,1-2H3,(H,23,24,25)/t12?,13?,14-,15+,17+,18+/m0/s1. The summed E-state index contributed by atoms with van der Waals surface area (Å²) in [7, 11) is 1.65. The van der Waals surface area contributed by atoms with Crippen LogP contribution in [0.5, 0.6) is 0 Å². The van der Waals surface area contributed by atoms with Gasteiger partial charge in [-0.25, -0.2) is 4.52 Å². The molecule has 2 bridgehead atoms. The Hall–Kier alpha value is -1.86. The molecule has 7 nitrogen and oxygen atoms in total. The Morgan fingerprint density at radius 3 is 2.66 bits per heavy atom. The van der Waals surface area contributed by atoms with E-state index in [0.29, 0.717) is 42.7 Å². The van der Waals surface area contributed by atoms with Gasteiger partial charge in [0.05, 0.1) is 24.8 Å². The Morgan fingerprint density at radius 2 is 1.93 bits per heavy atom. The molecule has 0 aliphatic heterocycles. The van der Waals surface area contributed by atoms with Crippen LogP contribution in [0.1, 0.15) is 38.3 Å². The second-order valence-electron chi connectivity index (χ2n) is 8.54. The largest absolute Gasteiger partial charge is 0.466 e. The third-order valence-corrected chi connectivity index (χ3v) is 7.50. The first-order valence-corrected chi connectivity index (χ1v) is 11.0. The first kappa shape index (κ1) is 19.1. The fourth-order valence-corrected chi connectivity index (χ4v) is 6.31. The summed E-state index contributed by atoms with van der Waals surface area (Å²) in [4.78, 5) is 17.4. The molecule has 156 valence electrons. The van der Waals surface area contributed by atoms with E-state index in [1.807, 2.05) is 19.1 Å². The lowest BCUT2D eigenvalue weighted by Gasteiger charge is -2.61. The highest BCUT2D eigenvalue weighted by Crippen LogP contribution is 2.60. The van der Waals surface area contributed by atoms with Gasteiger partial charge in [-0.15, -0.1) is 5.10 Å². The molecule has 29 heavy (non-hydrogen) atoms. The molecule has 6 atom stereocenters. The van der Waals surface area contributed by atoms with Crippen LogP contribution < -0.4 is 5.32 Å². The van der Waals surface area contributed by atoms with Crippen molar-refractivity contribution in [3.8, 4) is 0 Å². The van der Waals surface area contributed by atoms with E-state index in [1.165, 1.54) is 12.8 Å². The van der Waals surface area contributed by atoms with Gasteiger partial charge in [-0.2, -0.15) is 4.98 Å². The number of nitrogens with one attached hydrogen (secondary N) is 1. The van der Waals surface area contributed by atoms with Gasteiger partial charge in [0.1, 0.15) is 5.52 Å². The van der Waals surface area contributed by atoms with Crippen LogP contribution in [0.4, 0.5) is 5.82 Å². The number of aromatic nitrogens is 3. The average Bonchev–Trinajstić information content (AvgIpc) is 3.05. The third kappa shape index (κ3) is 3.01. The molecule has 1 N–H and O–H groups in total. The molecule has 0 spiro atoms. The summed E-state index contributed by atoms with van der Waals surface area (Å²) >= 11 is 6.25. The van der Waals surface area contributed by atoms with Crippen molar-refractivity contribution in [2.45, 2.75) is 45.3 Å². The lowest BCUT2D eigenvalue weighted by molar-refractivity contribution is -0.166. The SMILES string of the molecule is CCOC(=O)[C@H]1[C@H](Nc2nc(Cl)nn3c(COC)ccc23)[C@@H]2CC[C@H]1C1CCC12. The van der Waals surface area contributed by atoms with E-state index in [0.717, 1.165) is 24.1 Å². The first-order valence-electron chi connectivity index (χ1n) is 10.6. The van der Waals surface area contributed by atoms with Gasteiger partial charge in [-0.1, -0.05) is 0 Å². The minimum absolute atomic E-state index is 0.0184. The quantitative estimate of drug-likeness (QED) is 0.723. The van der Waals surface area contributed by atoms with Crippen LogP contribution >= 0.6 is 11.6 Å². The van der Waals surface area contributed by atoms with E-state index in [-0.39, 0.29) is 23.2 Å². The minimum Gasteiger partial charge on any atom is -0.466 e. The zero-order chi connectivity index (χ0) is 20.1. The number of fused-ring (bicyclic) bond motifs is 3. The Kier molecular flexibility index (Phi) is 4.90. The number of carbonyl (C=O) groups is 1. The highest BCUT2D eigenvalue weighted by Gasteiger charge is 2.59. The summed E-state index contributed by atoms with van der Waals surface area (Å²) in [5, 5.41) is 8.13. The summed E-state index contributed by atoms with van der Waals surface area (Å²) in [5.74, 6) is 2.73.